The van der Waals surface area contributed by atoms with Gasteiger partial charge in [0, 0.05) is 0 Å². The van der Waals surface area contributed by atoms with Crippen LogP contribution in [0.2, 0.25) is 5.02 Å². The second-order valence-corrected chi connectivity index (χ2v) is 6.87. The number of carbonyl (C=O) groups excluding carboxylic acids is 3. The fourth-order valence-corrected chi connectivity index (χ4v) is 2.83. The predicted octanol–water partition coefficient (Wildman–Crippen LogP) is 3.43. The zero-order valence-corrected chi connectivity index (χ0v) is 18.3. The molecule has 0 bridgehead atoms. The molecule has 3 rings (SSSR count). The molecule has 3 aromatic rings. The van der Waals surface area contributed by atoms with E-state index in [1.54, 1.807) is 55.5 Å². The van der Waals surface area contributed by atoms with E-state index < -0.39 is 17.8 Å². The van der Waals surface area contributed by atoms with Gasteiger partial charge in [0.15, 0.2) is 17.3 Å². The minimum Gasteiger partial charge on any atom is -0.490 e. The van der Waals surface area contributed by atoms with Crippen molar-refractivity contribution in [3.63, 3.8) is 0 Å². The molecule has 10 heteroatoms. The molecule has 0 aliphatic heterocycles. The molecule has 1 aromatic heterocycles. The van der Waals surface area contributed by atoms with Gasteiger partial charge >= 0.3 is 5.97 Å². The Kier molecular flexibility index (Phi) is 8.20. The average Bonchev–Trinajstić information content (AvgIpc) is 3.35. The minimum atomic E-state index is -0.619. The summed E-state index contributed by atoms with van der Waals surface area (Å²) in [4.78, 5) is 36.0. The fraction of sp³-hybridized carbons (Fsp3) is 0.130. The molecular formula is C23H20ClN3O6. The summed E-state index contributed by atoms with van der Waals surface area (Å²) in [5.41, 5.74) is 3.11. The van der Waals surface area contributed by atoms with Crippen molar-refractivity contribution in [2.45, 2.75) is 6.92 Å². The average molecular weight is 470 g/mol. The molecule has 1 heterocycles. The fourth-order valence-electron chi connectivity index (χ4n) is 2.61. The third-order valence-corrected chi connectivity index (χ3v) is 4.45. The van der Waals surface area contributed by atoms with Gasteiger partial charge in [-0.1, -0.05) is 23.7 Å². The number of halogens is 1. The van der Waals surface area contributed by atoms with Crippen molar-refractivity contribution in [2.24, 2.45) is 5.10 Å². The molecule has 0 spiro atoms. The van der Waals surface area contributed by atoms with E-state index in [0.29, 0.717) is 17.9 Å². The zero-order valence-electron chi connectivity index (χ0n) is 17.5. The Morgan fingerprint density at radius 1 is 1.09 bits per heavy atom. The lowest BCUT2D eigenvalue weighted by molar-refractivity contribution is -0.120. The molecule has 0 unspecified atom stereocenters. The number of carbonyl (C=O) groups is 3. The van der Waals surface area contributed by atoms with Crippen LogP contribution in [0.5, 0.6) is 11.5 Å². The smallest absolute Gasteiger partial charge is 0.345 e. The van der Waals surface area contributed by atoms with Gasteiger partial charge in [-0.05, 0) is 55.0 Å². The Labute approximate surface area is 194 Å². The van der Waals surface area contributed by atoms with Gasteiger partial charge in [-0.3, -0.25) is 9.59 Å². The van der Waals surface area contributed by atoms with Crippen molar-refractivity contribution in [3.8, 4) is 11.5 Å². The van der Waals surface area contributed by atoms with Gasteiger partial charge in [0.05, 0.1) is 36.2 Å². The van der Waals surface area contributed by atoms with Gasteiger partial charge in [-0.2, -0.15) is 5.10 Å². The highest BCUT2D eigenvalue weighted by atomic mass is 35.5. The van der Waals surface area contributed by atoms with Crippen molar-refractivity contribution in [1.82, 2.24) is 10.7 Å². The van der Waals surface area contributed by atoms with E-state index in [-0.39, 0.29) is 28.6 Å². The van der Waals surface area contributed by atoms with E-state index in [4.69, 9.17) is 25.5 Å². The quantitative estimate of drug-likeness (QED) is 0.214. The van der Waals surface area contributed by atoms with Crippen molar-refractivity contribution in [2.75, 3.05) is 13.2 Å². The summed E-state index contributed by atoms with van der Waals surface area (Å²) in [6.45, 7) is 1.85. The largest absolute Gasteiger partial charge is 0.490 e. The first-order valence-electron chi connectivity index (χ1n) is 9.85. The standard InChI is InChI=1S/C23H20ClN3O6/c1-2-31-20-12-15(9-10-18(20)33-23(30)16-6-3-4-7-17(16)24)13-26-27-21(28)14-25-22(29)19-8-5-11-32-19/h3-13H,2,14H2,1H3,(H,25,29)(H,27,28). The first-order valence-corrected chi connectivity index (χ1v) is 10.2. The topological polar surface area (TPSA) is 119 Å². The first-order chi connectivity index (χ1) is 16.0. The van der Waals surface area contributed by atoms with E-state index in [1.165, 1.54) is 18.5 Å². The van der Waals surface area contributed by atoms with Crippen LogP contribution in [0.3, 0.4) is 0 Å². The van der Waals surface area contributed by atoms with Gasteiger partial charge < -0.3 is 19.2 Å². The number of amides is 2. The first kappa shape index (κ1) is 23.6. The highest BCUT2D eigenvalue weighted by Crippen LogP contribution is 2.29. The molecule has 0 atom stereocenters. The number of ether oxygens (including phenoxy) is 2. The van der Waals surface area contributed by atoms with E-state index >= 15 is 0 Å². The third kappa shape index (κ3) is 6.68. The number of hydrogen-bond donors (Lipinski definition) is 2. The lowest BCUT2D eigenvalue weighted by atomic mass is 10.2. The van der Waals surface area contributed by atoms with Crippen LogP contribution in [-0.2, 0) is 4.79 Å². The molecule has 0 fully saturated rings. The number of esters is 1. The SMILES string of the molecule is CCOc1cc(C=NNC(=O)CNC(=O)c2ccco2)ccc1OC(=O)c1ccccc1Cl. The number of hydrazone groups is 1. The maximum absolute atomic E-state index is 12.4. The number of rotatable bonds is 9. The molecule has 170 valence electrons. The molecule has 2 aromatic carbocycles. The molecule has 0 saturated heterocycles. The Morgan fingerprint density at radius 3 is 2.64 bits per heavy atom. The van der Waals surface area contributed by atoms with Crippen molar-refractivity contribution in [3.05, 3.63) is 82.8 Å². The Bertz CT molecular complexity index is 1160. The van der Waals surface area contributed by atoms with E-state index in [9.17, 15) is 14.4 Å². The van der Waals surface area contributed by atoms with Gasteiger partial charge in [0.1, 0.15) is 0 Å². The Hall–Kier alpha value is -4.11. The summed E-state index contributed by atoms with van der Waals surface area (Å²) in [6.07, 6.45) is 2.74. The summed E-state index contributed by atoms with van der Waals surface area (Å²) in [6, 6.07) is 14.4. The van der Waals surface area contributed by atoms with E-state index in [2.05, 4.69) is 15.8 Å². The molecule has 0 aliphatic rings. The molecule has 9 nitrogen and oxygen atoms in total. The molecule has 33 heavy (non-hydrogen) atoms. The predicted molar refractivity (Wildman–Crippen MR) is 121 cm³/mol. The summed E-state index contributed by atoms with van der Waals surface area (Å²) < 4.78 is 15.9. The van der Waals surface area contributed by atoms with Crippen LogP contribution in [-0.4, -0.2) is 37.1 Å². The number of hydrogen-bond acceptors (Lipinski definition) is 7. The number of furan rings is 1. The van der Waals surface area contributed by atoms with E-state index in [0.717, 1.165) is 0 Å². The zero-order chi connectivity index (χ0) is 23.6. The van der Waals surface area contributed by atoms with Crippen molar-refractivity contribution in [1.29, 1.82) is 0 Å². The summed E-state index contributed by atoms with van der Waals surface area (Å²) >= 11 is 6.05. The number of nitrogens with zero attached hydrogens (tertiary/aromatic N) is 1. The molecule has 0 aliphatic carbocycles. The highest BCUT2D eigenvalue weighted by molar-refractivity contribution is 6.33. The molecular weight excluding hydrogens is 450 g/mol. The second-order valence-electron chi connectivity index (χ2n) is 6.46. The highest BCUT2D eigenvalue weighted by Gasteiger charge is 2.15. The third-order valence-electron chi connectivity index (χ3n) is 4.12. The Balaban J connectivity index is 1.59. The van der Waals surface area contributed by atoms with Crippen LogP contribution in [0.1, 0.15) is 33.4 Å². The van der Waals surface area contributed by atoms with Gasteiger partial charge in [0.25, 0.3) is 11.8 Å². The van der Waals surface area contributed by atoms with Crippen LogP contribution >= 0.6 is 11.6 Å². The molecule has 2 amide bonds. The van der Waals surface area contributed by atoms with Crippen molar-refractivity contribution >= 4 is 35.6 Å². The van der Waals surface area contributed by atoms with Crippen LogP contribution in [0.4, 0.5) is 0 Å². The van der Waals surface area contributed by atoms with Crippen LogP contribution < -0.4 is 20.2 Å². The lowest BCUT2D eigenvalue weighted by Gasteiger charge is -2.12. The van der Waals surface area contributed by atoms with Gasteiger partial charge in [-0.15, -0.1) is 0 Å². The number of nitrogens with one attached hydrogen (secondary N) is 2. The van der Waals surface area contributed by atoms with Crippen LogP contribution in [0.25, 0.3) is 0 Å². The van der Waals surface area contributed by atoms with Gasteiger partial charge in [0.2, 0.25) is 0 Å². The second kappa shape index (κ2) is 11.5. The monoisotopic (exact) mass is 469 g/mol. The Morgan fingerprint density at radius 2 is 1.91 bits per heavy atom. The summed E-state index contributed by atoms with van der Waals surface area (Å²) in [5.74, 6) is -1.02. The molecule has 0 saturated carbocycles. The van der Waals surface area contributed by atoms with Crippen molar-refractivity contribution < 1.29 is 28.3 Å². The van der Waals surface area contributed by atoms with Crippen LogP contribution in [0, 0.1) is 0 Å². The minimum absolute atomic E-state index is 0.102. The number of benzene rings is 2. The normalized spacial score (nSPS) is 10.6. The lowest BCUT2D eigenvalue weighted by Crippen LogP contribution is -2.34. The summed E-state index contributed by atoms with van der Waals surface area (Å²) in [5, 5.41) is 6.54. The van der Waals surface area contributed by atoms with Crippen LogP contribution in [0.15, 0.2) is 70.4 Å². The maximum Gasteiger partial charge on any atom is 0.345 e. The molecule has 2 N–H and O–H groups in total. The van der Waals surface area contributed by atoms with Gasteiger partial charge in [-0.25, -0.2) is 10.2 Å². The molecule has 0 radical (unpaired) electrons. The maximum atomic E-state index is 12.4. The van der Waals surface area contributed by atoms with E-state index in [1.807, 2.05) is 0 Å². The summed E-state index contributed by atoms with van der Waals surface area (Å²) in [7, 11) is 0.